The van der Waals surface area contributed by atoms with Crippen molar-refractivity contribution in [2.45, 2.75) is 37.7 Å². The highest BCUT2D eigenvalue weighted by Crippen LogP contribution is 2.32. The van der Waals surface area contributed by atoms with E-state index in [9.17, 15) is 4.79 Å². The van der Waals surface area contributed by atoms with Crippen molar-refractivity contribution in [2.75, 3.05) is 32.4 Å². The van der Waals surface area contributed by atoms with E-state index in [4.69, 9.17) is 4.74 Å². The van der Waals surface area contributed by atoms with E-state index in [2.05, 4.69) is 26.6 Å². The van der Waals surface area contributed by atoms with Gasteiger partial charge in [0.15, 0.2) is 0 Å². The van der Waals surface area contributed by atoms with Gasteiger partial charge in [-0.15, -0.1) is 0 Å². The summed E-state index contributed by atoms with van der Waals surface area (Å²) in [5.74, 6) is 1.27. The quantitative estimate of drug-likeness (QED) is 0.581. The summed E-state index contributed by atoms with van der Waals surface area (Å²) in [5.41, 5.74) is 2.04. The minimum Gasteiger partial charge on any atom is -0.489 e. The summed E-state index contributed by atoms with van der Waals surface area (Å²) in [7, 11) is 0. The largest absolute Gasteiger partial charge is 0.489 e. The van der Waals surface area contributed by atoms with Crippen molar-refractivity contribution < 1.29 is 9.53 Å². The van der Waals surface area contributed by atoms with Crippen molar-refractivity contribution in [1.82, 2.24) is 19.2 Å². The topological polar surface area (TPSA) is 58.6 Å². The second kappa shape index (κ2) is 8.44. The number of rotatable bonds is 5. The Morgan fingerprint density at radius 2 is 2.04 bits per heavy atom. The number of ether oxygens (including phenoxy) is 1. The van der Waals surface area contributed by atoms with E-state index in [1.165, 1.54) is 6.42 Å². The highest BCUT2D eigenvalue weighted by atomic mass is 32.2. The van der Waals surface area contributed by atoms with E-state index in [-0.39, 0.29) is 6.10 Å². The maximum absolute atomic E-state index is 10.9. The van der Waals surface area contributed by atoms with Crippen molar-refractivity contribution >= 4 is 29.3 Å². The lowest BCUT2D eigenvalue weighted by Crippen LogP contribution is -2.37. The van der Waals surface area contributed by atoms with Crippen molar-refractivity contribution in [3.05, 3.63) is 30.2 Å². The maximum Gasteiger partial charge on any atom is 0.209 e. The summed E-state index contributed by atoms with van der Waals surface area (Å²) < 4.78 is 8.61. The molecule has 0 spiro atoms. The molecular weight excluding hydrogens is 360 g/mol. The van der Waals surface area contributed by atoms with E-state index in [1.807, 2.05) is 17.0 Å². The molecule has 6 nitrogen and oxygen atoms in total. The van der Waals surface area contributed by atoms with Gasteiger partial charge in [-0.2, -0.15) is 0 Å². The molecule has 0 N–H and O–H groups in total. The molecule has 1 amide bonds. The van der Waals surface area contributed by atoms with Gasteiger partial charge in [-0.05, 0) is 44.1 Å². The third-order valence-electron chi connectivity index (χ3n) is 5.61. The molecule has 0 saturated carbocycles. The third-order valence-corrected chi connectivity index (χ3v) is 6.45. The van der Waals surface area contributed by atoms with E-state index in [1.54, 1.807) is 18.3 Å². The molecule has 0 radical (unpaired) electrons. The van der Waals surface area contributed by atoms with Crippen LogP contribution in [-0.2, 0) is 4.79 Å². The molecule has 2 aromatic rings. The predicted octanol–water partition coefficient (Wildman–Crippen LogP) is 3.09. The third kappa shape index (κ3) is 4.19. The Bertz CT molecular complexity index is 795. The fourth-order valence-corrected chi connectivity index (χ4v) is 4.72. The van der Waals surface area contributed by atoms with Crippen LogP contribution in [0.4, 0.5) is 0 Å². The van der Waals surface area contributed by atoms with Gasteiger partial charge in [0.2, 0.25) is 6.41 Å². The lowest BCUT2D eigenvalue weighted by atomic mass is 9.91. The Morgan fingerprint density at radius 1 is 1.19 bits per heavy atom. The van der Waals surface area contributed by atoms with E-state index < -0.39 is 0 Å². The molecule has 2 aliphatic heterocycles. The van der Waals surface area contributed by atoms with Crippen LogP contribution in [0.25, 0.3) is 10.9 Å². The number of hydrogen-bond donors (Lipinski definition) is 0. The number of carbonyl (C=O) groups is 1. The van der Waals surface area contributed by atoms with Gasteiger partial charge in [0.25, 0.3) is 0 Å². The van der Waals surface area contributed by atoms with Gasteiger partial charge in [-0.3, -0.25) is 4.79 Å². The summed E-state index contributed by atoms with van der Waals surface area (Å²) in [6.45, 7) is 3.70. The Labute approximate surface area is 164 Å². The summed E-state index contributed by atoms with van der Waals surface area (Å²) in [4.78, 5) is 21.8. The number of benzene rings is 1. The number of likely N-dealkylation sites (tertiary alicyclic amines) is 1. The monoisotopic (exact) mass is 386 g/mol. The fourth-order valence-electron chi connectivity index (χ4n) is 4.09. The Balaban J connectivity index is 1.51. The number of piperidine rings is 2. The normalized spacial score (nSPS) is 22.1. The van der Waals surface area contributed by atoms with Crippen molar-refractivity contribution in [3.63, 3.8) is 0 Å². The second-order valence-corrected chi connectivity index (χ2v) is 8.19. The summed E-state index contributed by atoms with van der Waals surface area (Å²) in [6, 6.07) is 6.19. The summed E-state index contributed by atoms with van der Waals surface area (Å²) in [5, 5.41) is 1.10. The Kier molecular flexibility index (Phi) is 5.78. The lowest BCUT2D eigenvalue weighted by molar-refractivity contribution is -0.119. The van der Waals surface area contributed by atoms with Crippen LogP contribution >= 0.6 is 11.9 Å². The molecule has 1 aromatic carbocycles. The number of carbonyl (C=O) groups excluding carboxylic acids is 1. The lowest BCUT2D eigenvalue weighted by Gasteiger charge is -2.31. The molecule has 1 unspecified atom stereocenters. The SMILES string of the molecule is CSN1CCCC(Oc2ccc3c(C4CCN(C=O)CC4)ncnc3c2)C1. The summed E-state index contributed by atoms with van der Waals surface area (Å²) in [6.07, 6.45) is 9.13. The van der Waals surface area contributed by atoms with Crippen LogP contribution in [0.5, 0.6) is 5.75 Å². The molecule has 1 atom stereocenters. The first-order chi connectivity index (χ1) is 13.3. The predicted molar refractivity (Wildman–Crippen MR) is 108 cm³/mol. The smallest absolute Gasteiger partial charge is 0.209 e. The second-order valence-electron chi connectivity index (χ2n) is 7.31. The molecule has 7 heteroatoms. The van der Waals surface area contributed by atoms with Crippen LogP contribution in [0.15, 0.2) is 24.5 Å². The van der Waals surface area contributed by atoms with Gasteiger partial charge >= 0.3 is 0 Å². The number of fused-ring (bicyclic) bond motifs is 1. The Hall–Kier alpha value is -1.86. The number of nitrogens with zero attached hydrogens (tertiary/aromatic N) is 4. The van der Waals surface area contributed by atoms with Gasteiger partial charge in [0.1, 0.15) is 18.2 Å². The van der Waals surface area contributed by atoms with E-state index >= 15 is 0 Å². The van der Waals surface area contributed by atoms with E-state index in [0.717, 1.165) is 74.2 Å². The van der Waals surface area contributed by atoms with Crippen LogP contribution in [-0.4, -0.2) is 64.1 Å². The van der Waals surface area contributed by atoms with Gasteiger partial charge in [0.05, 0.1) is 11.2 Å². The molecule has 0 bridgehead atoms. The first-order valence-corrected chi connectivity index (χ1v) is 10.8. The molecular formula is C20H26N4O2S. The molecule has 2 saturated heterocycles. The van der Waals surface area contributed by atoms with Crippen molar-refractivity contribution in [1.29, 1.82) is 0 Å². The van der Waals surface area contributed by atoms with Crippen LogP contribution in [0.2, 0.25) is 0 Å². The molecule has 1 aromatic heterocycles. The minimum absolute atomic E-state index is 0.234. The molecule has 3 heterocycles. The van der Waals surface area contributed by atoms with Gasteiger partial charge in [0, 0.05) is 43.5 Å². The van der Waals surface area contributed by atoms with Gasteiger partial charge in [-0.1, -0.05) is 11.9 Å². The molecule has 2 aliphatic rings. The highest BCUT2D eigenvalue weighted by molar-refractivity contribution is 7.96. The number of hydrogen-bond acceptors (Lipinski definition) is 6. The molecule has 0 aliphatic carbocycles. The first-order valence-electron chi connectivity index (χ1n) is 9.66. The molecule has 27 heavy (non-hydrogen) atoms. The van der Waals surface area contributed by atoms with Crippen LogP contribution in [0.1, 0.15) is 37.3 Å². The van der Waals surface area contributed by atoms with Gasteiger partial charge in [-0.25, -0.2) is 14.3 Å². The molecule has 144 valence electrons. The van der Waals surface area contributed by atoms with Crippen LogP contribution in [0, 0.1) is 0 Å². The Morgan fingerprint density at radius 3 is 2.81 bits per heavy atom. The maximum atomic E-state index is 10.9. The zero-order valence-electron chi connectivity index (χ0n) is 15.7. The number of amides is 1. The minimum atomic E-state index is 0.234. The molecule has 4 rings (SSSR count). The average Bonchev–Trinajstić information content (AvgIpc) is 2.73. The standard InChI is InChI=1S/C20H26N4O2S/c1-27-24-8-2-3-17(12-24)26-16-4-5-18-19(11-16)21-13-22-20(18)15-6-9-23(14-25)10-7-15/h4-5,11,13-15,17H,2-3,6-10,12H2,1H3. The first kappa shape index (κ1) is 18.5. The van der Waals surface area contributed by atoms with Crippen molar-refractivity contribution in [3.8, 4) is 5.75 Å². The van der Waals surface area contributed by atoms with Gasteiger partial charge < -0.3 is 9.64 Å². The van der Waals surface area contributed by atoms with E-state index in [0.29, 0.717) is 5.92 Å². The fraction of sp³-hybridized carbons (Fsp3) is 0.550. The number of aromatic nitrogens is 2. The highest BCUT2D eigenvalue weighted by Gasteiger charge is 2.24. The zero-order valence-corrected chi connectivity index (χ0v) is 16.5. The van der Waals surface area contributed by atoms with Crippen LogP contribution < -0.4 is 4.74 Å². The average molecular weight is 387 g/mol. The van der Waals surface area contributed by atoms with Crippen molar-refractivity contribution in [2.24, 2.45) is 0 Å². The summed E-state index contributed by atoms with van der Waals surface area (Å²) >= 11 is 1.79. The molecule has 2 fully saturated rings. The zero-order chi connectivity index (χ0) is 18.6. The van der Waals surface area contributed by atoms with Crippen LogP contribution in [0.3, 0.4) is 0 Å².